The van der Waals surface area contributed by atoms with E-state index in [1.165, 1.54) is 10.6 Å². The van der Waals surface area contributed by atoms with Crippen LogP contribution < -0.4 is 40.2 Å². The first kappa shape index (κ1) is 11.9. The molecule has 14 heavy (non-hydrogen) atoms. The van der Waals surface area contributed by atoms with Gasteiger partial charge in [-0.2, -0.15) is 0 Å². The molecule has 0 heterocycles. The van der Waals surface area contributed by atoms with Crippen LogP contribution in [0.4, 0.5) is 0 Å². The molecule has 0 saturated carbocycles. The zero-order valence-corrected chi connectivity index (χ0v) is 11.3. The van der Waals surface area contributed by atoms with E-state index in [0.717, 1.165) is 8.58 Å². The molecule has 2 aromatic rings. The molecule has 2 heteroatoms. The molecule has 0 saturated heterocycles. The van der Waals surface area contributed by atoms with Crippen LogP contribution in [0.1, 0.15) is 1.43 Å². The van der Waals surface area contributed by atoms with Crippen molar-refractivity contribution < 1.29 is 31.0 Å². The van der Waals surface area contributed by atoms with E-state index in [1.54, 1.807) is 0 Å². The maximum Gasteiger partial charge on any atom is 1.00 e. The Morgan fingerprint density at radius 2 is 1.00 bits per heavy atom. The van der Waals surface area contributed by atoms with Crippen LogP contribution >= 0.6 is 8.58 Å². The topological polar surface area (TPSA) is 0 Å². The van der Waals surface area contributed by atoms with Crippen molar-refractivity contribution in [1.82, 2.24) is 0 Å². The summed E-state index contributed by atoms with van der Waals surface area (Å²) < 4.78 is 0. The van der Waals surface area contributed by atoms with Gasteiger partial charge >= 0.3 is 29.6 Å². The van der Waals surface area contributed by atoms with Crippen LogP contribution in [-0.2, 0) is 0 Å². The van der Waals surface area contributed by atoms with Crippen molar-refractivity contribution >= 4 is 19.2 Å². The van der Waals surface area contributed by atoms with Crippen molar-refractivity contribution in [2.24, 2.45) is 0 Å². The molecule has 0 fully saturated rings. The summed E-state index contributed by atoms with van der Waals surface area (Å²) in [4.78, 5) is 0. The predicted molar refractivity (Wildman–Crippen MR) is 61.6 cm³/mol. The van der Waals surface area contributed by atoms with Gasteiger partial charge in [-0.15, -0.1) is 0 Å². The molecule has 0 nitrogen and oxygen atoms in total. The number of hydrogen-bond donors (Lipinski definition) is 0. The van der Waals surface area contributed by atoms with E-state index in [9.17, 15) is 0 Å². The minimum atomic E-state index is 0. The van der Waals surface area contributed by atoms with Crippen LogP contribution in [0.2, 0.25) is 0 Å². The summed E-state index contributed by atoms with van der Waals surface area (Å²) in [6.45, 7) is 0. The third-order valence-electron chi connectivity index (χ3n) is 1.84. The molecule has 0 aliphatic heterocycles. The van der Waals surface area contributed by atoms with Gasteiger partial charge in [0.25, 0.3) is 0 Å². The smallest absolute Gasteiger partial charge is 1.00 e. The monoisotopic (exact) mass is 210 g/mol. The van der Waals surface area contributed by atoms with E-state index in [-0.39, 0.29) is 31.0 Å². The molecular formula is C12H12NaP. The fourth-order valence-corrected chi connectivity index (χ4v) is 2.26. The van der Waals surface area contributed by atoms with Crippen LogP contribution in [0.25, 0.3) is 0 Å². The van der Waals surface area contributed by atoms with Gasteiger partial charge in [0, 0.05) is 0 Å². The SMILES string of the molecule is [H-].[Na+].c1ccc(Pc2ccccc2)cc1. The van der Waals surface area contributed by atoms with Crippen molar-refractivity contribution in [3.8, 4) is 0 Å². The minimum Gasteiger partial charge on any atom is -1.00 e. The Morgan fingerprint density at radius 3 is 1.36 bits per heavy atom. The van der Waals surface area contributed by atoms with Gasteiger partial charge in [0.1, 0.15) is 0 Å². The van der Waals surface area contributed by atoms with E-state index in [1.807, 2.05) is 0 Å². The Bertz CT molecular complexity index is 326. The Hall–Kier alpha value is -0.130. The molecule has 0 unspecified atom stereocenters. The predicted octanol–water partition coefficient (Wildman–Crippen LogP) is -0.568. The van der Waals surface area contributed by atoms with Crippen LogP contribution in [0.3, 0.4) is 0 Å². The number of rotatable bonds is 2. The third kappa shape index (κ3) is 3.55. The second kappa shape index (κ2) is 6.37. The molecule has 0 N–H and O–H groups in total. The summed E-state index contributed by atoms with van der Waals surface area (Å²) in [6.07, 6.45) is 0. The maximum atomic E-state index is 2.17. The summed E-state index contributed by atoms with van der Waals surface area (Å²) in [5, 5.41) is 2.79. The summed E-state index contributed by atoms with van der Waals surface area (Å²) in [7, 11) is 0.777. The average Bonchev–Trinajstić information content (AvgIpc) is 2.21. The van der Waals surface area contributed by atoms with E-state index >= 15 is 0 Å². The van der Waals surface area contributed by atoms with Crippen molar-refractivity contribution in [2.75, 3.05) is 0 Å². The van der Waals surface area contributed by atoms with Gasteiger partial charge in [0.05, 0.1) is 0 Å². The van der Waals surface area contributed by atoms with Gasteiger partial charge in [-0.05, 0) is 10.6 Å². The molecule has 2 aromatic carbocycles. The number of benzene rings is 2. The van der Waals surface area contributed by atoms with Crippen LogP contribution in [0.15, 0.2) is 60.7 Å². The van der Waals surface area contributed by atoms with Crippen molar-refractivity contribution in [2.45, 2.75) is 0 Å². The third-order valence-corrected chi connectivity index (χ3v) is 3.08. The van der Waals surface area contributed by atoms with E-state index in [2.05, 4.69) is 60.7 Å². The summed E-state index contributed by atoms with van der Waals surface area (Å²) in [5.41, 5.74) is 0. The Kier molecular flexibility index (Phi) is 5.44. The zero-order valence-electron chi connectivity index (χ0n) is 9.27. The van der Waals surface area contributed by atoms with E-state index in [4.69, 9.17) is 0 Å². The molecule has 0 aliphatic rings. The first-order valence-electron chi connectivity index (χ1n) is 4.32. The molecule has 0 spiro atoms. The minimum absolute atomic E-state index is 0. The van der Waals surface area contributed by atoms with E-state index < -0.39 is 0 Å². The fourth-order valence-electron chi connectivity index (χ4n) is 1.21. The summed E-state index contributed by atoms with van der Waals surface area (Å²) in [5.74, 6) is 0. The summed E-state index contributed by atoms with van der Waals surface area (Å²) >= 11 is 0. The standard InChI is InChI=1S/C12H11P.Na.H/c1-3-7-11(8-4-1)13-12-9-5-2-6-10-12;;/h1-10,13H;;/q;+1;-1. The van der Waals surface area contributed by atoms with Gasteiger partial charge in [-0.3, -0.25) is 0 Å². The molecule has 2 rings (SSSR count). The Balaban J connectivity index is 0.000000980. The average molecular weight is 210 g/mol. The number of hydrogen-bond acceptors (Lipinski definition) is 0. The van der Waals surface area contributed by atoms with Gasteiger partial charge in [-0.25, -0.2) is 0 Å². The van der Waals surface area contributed by atoms with Gasteiger partial charge < -0.3 is 1.43 Å². The molecule has 66 valence electrons. The molecule has 0 aromatic heterocycles. The second-order valence-corrected chi connectivity index (χ2v) is 4.26. The normalized spacial score (nSPS) is 9.14. The fraction of sp³-hybridized carbons (Fsp3) is 0. The zero-order chi connectivity index (χ0) is 8.93. The Morgan fingerprint density at radius 1 is 0.643 bits per heavy atom. The van der Waals surface area contributed by atoms with Crippen molar-refractivity contribution in [3.63, 3.8) is 0 Å². The molecule has 0 radical (unpaired) electrons. The van der Waals surface area contributed by atoms with Crippen molar-refractivity contribution in [3.05, 3.63) is 60.7 Å². The van der Waals surface area contributed by atoms with Gasteiger partial charge in [0.15, 0.2) is 0 Å². The van der Waals surface area contributed by atoms with Crippen LogP contribution in [0.5, 0.6) is 0 Å². The second-order valence-electron chi connectivity index (χ2n) is 2.86. The molecule has 0 amide bonds. The summed E-state index contributed by atoms with van der Waals surface area (Å²) in [6, 6.07) is 21.2. The largest absolute Gasteiger partial charge is 1.00 e. The maximum absolute atomic E-state index is 2.17. The van der Waals surface area contributed by atoms with Crippen LogP contribution in [0, 0.1) is 0 Å². The Labute approximate surface area is 110 Å². The molecule has 0 aliphatic carbocycles. The van der Waals surface area contributed by atoms with Crippen molar-refractivity contribution in [1.29, 1.82) is 0 Å². The van der Waals surface area contributed by atoms with Crippen LogP contribution in [-0.4, -0.2) is 0 Å². The first-order valence-corrected chi connectivity index (χ1v) is 5.32. The molecule has 0 bridgehead atoms. The first-order chi connectivity index (χ1) is 6.45. The van der Waals surface area contributed by atoms with Gasteiger partial charge in [-0.1, -0.05) is 69.2 Å². The van der Waals surface area contributed by atoms with Gasteiger partial charge in [0.2, 0.25) is 0 Å². The molecular weight excluding hydrogens is 198 g/mol. The molecule has 0 atom stereocenters. The van der Waals surface area contributed by atoms with E-state index in [0.29, 0.717) is 0 Å². The quantitative estimate of drug-likeness (QED) is 0.460.